The van der Waals surface area contributed by atoms with E-state index in [9.17, 15) is 4.79 Å². The molecule has 8 heteroatoms. The van der Waals surface area contributed by atoms with Crippen LogP contribution >= 0.6 is 11.3 Å². The minimum atomic E-state index is 0.0151. The summed E-state index contributed by atoms with van der Waals surface area (Å²) in [6.07, 6.45) is 2.98. The zero-order valence-electron chi connectivity index (χ0n) is 17.2. The molecule has 2 aliphatic rings. The van der Waals surface area contributed by atoms with Crippen molar-refractivity contribution >= 4 is 22.2 Å². The molecule has 1 saturated heterocycles. The number of fused-ring (bicyclic) bond motifs is 2. The molecule has 7 nitrogen and oxygen atoms in total. The molecule has 1 fully saturated rings. The van der Waals surface area contributed by atoms with E-state index >= 15 is 0 Å². The lowest BCUT2D eigenvalue weighted by molar-refractivity contribution is 0.112. The summed E-state index contributed by atoms with van der Waals surface area (Å²) in [5, 5.41) is 1.79. The number of likely N-dealkylation sites (tertiary alicyclic amines) is 1. The Bertz CT molecular complexity index is 1090. The smallest absolute Gasteiger partial charge is 0.261 e. The maximum Gasteiger partial charge on any atom is 0.261 e. The van der Waals surface area contributed by atoms with Crippen molar-refractivity contribution in [2.45, 2.75) is 45.0 Å². The summed E-state index contributed by atoms with van der Waals surface area (Å²) >= 11 is 1.76. The number of ether oxygens (including phenoxy) is 2. The van der Waals surface area contributed by atoms with E-state index in [4.69, 9.17) is 19.4 Å². The molecule has 1 aromatic carbocycles. The largest absolute Gasteiger partial charge is 0.383 e. The number of benzene rings is 1. The Hall–Kier alpha value is -2.13. The van der Waals surface area contributed by atoms with Crippen LogP contribution in [0.15, 0.2) is 29.1 Å². The van der Waals surface area contributed by atoms with Crippen LogP contribution in [0.5, 0.6) is 0 Å². The Morgan fingerprint density at radius 2 is 2.20 bits per heavy atom. The summed E-state index contributed by atoms with van der Waals surface area (Å²) in [4.78, 5) is 26.7. The Kier molecular flexibility index (Phi) is 5.64. The summed E-state index contributed by atoms with van der Waals surface area (Å²) < 4.78 is 12.7. The van der Waals surface area contributed by atoms with Gasteiger partial charge in [0.2, 0.25) is 0 Å². The number of hydrogen-bond acceptors (Lipinski definition) is 7. The third-order valence-electron chi connectivity index (χ3n) is 5.95. The lowest BCUT2D eigenvalue weighted by Gasteiger charge is -2.25. The molecule has 30 heavy (non-hydrogen) atoms. The van der Waals surface area contributed by atoms with E-state index < -0.39 is 0 Å². The average Bonchev–Trinajstić information content (AvgIpc) is 3.39. The molecule has 2 aromatic heterocycles. The maximum absolute atomic E-state index is 13.2. The van der Waals surface area contributed by atoms with Gasteiger partial charge in [0, 0.05) is 13.5 Å². The molecular formula is C22H26N4O3S. The predicted octanol–water partition coefficient (Wildman–Crippen LogP) is 2.91. The van der Waals surface area contributed by atoms with Crippen LogP contribution in [0.2, 0.25) is 0 Å². The highest BCUT2D eigenvalue weighted by atomic mass is 32.1. The fraction of sp³-hybridized carbons (Fsp3) is 0.500. The molecule has 4 heterocycles. The van der Waals surface area contributed by atoms with E-state index in [1.165, 1.54) is 10.6 Å². The third kappa shape index (κ3) is 3.69. The lowest BCUT2D eigenvalue weighted by Crippen LogP contribution is -2.33. The van der Waals surface area contributed by atoms with Gasteiger partial charge in [-0.1, -0.05) is 12.1 Å². The molecule has 3 aromatic rings. The Labute approximate surface area is 179 Å². The minimum Gasteiger partial charge on any atom is -0.383 e. The monoisotopic (exact) mass is 426 g/mol. The van der Waals surface area contributed by atoms with E-state index in [-0.39, 0.29) is 11.6 Å². The summed E-state index contributed by atoms with van der Waals surface area (Å²) in [7, 11) is 1.66. The van der Waals surface area contributed by atoms with Gasteiger partial charge in [-0.2, -0.15) is 0 Å². The van der Waals surface area contributed by atoms with Crippen molar-refractivity contribution in [2.75, 3.05) is 26.9 Å². The second-order valence-electron chi connectivity index (χ2n) is 7.85. The van der Waals surface area contributed by atoms with Crippen molar-refractivity contribution in [3.8, 4) is 0 Å². The average molecular weight is 427 g/mol. The molecule has 0 aliphatic carbocycles. The first-order chi connectivity index (χ1) is 14.7. The molecule has 0 N–H and O–H groups in total. The molecular weight excluding hydrogens is 400 g/mol. The highest BCUT2D eigenvalue weighted by molar-refractivity contribution is 7.11. The fourth-order valence-electron chi connectivity index (χ4n) is 4.47. The second kappa shape index (κ2) is 8.55. The van der Waals surface area contributed by atoms with Crippen molar-refractivity contribution in [1.82, 2.24) is 19.4 Å². The van der Waals surface area contributed by atoms with Gasteiger partial charge in [0.1, 0.15) is 10.8 Å². The predicted molar refractivity (Wildman–Crippen MR) is 116 cm³/mol. The summed E-state index contributed by atoms with van der Waals surface area (Å²) in [6.45, 7) is 4.21. The number of hydrogen-bond donors (Lipinski definition) is 0. The second-order valence-corrected chi connectivity index (χ2v) is 9.01. The van der Waals surface area contributed by atoms with Crippen LogP contribution in [0.25, 0.3) is 10.9 Å². The molecule has 0 amide bonds. The molecule has 158 valence electrons. The first-order valence-electron chi connectivity index (χ1n) is 10.5. The van der Waals surface area contributed by atoms with Crippen molar-refractivity contribution in [1.29, 1.82) is 0 Å². The van der Waals surface area contributed by atoms with E-state index in [2.05, 4.69) is 4.90 Å². The lowest BCUT2D eigenvalue weighted by atomic mass is 10.1. The highest BCUT2D eigenvalue weighted by Crippen LogP contribution is 2.34. The van der Waals surface area contributed by atoms with Crippen molar-refractivity contribution in [3.63, 3.8) is 0 Å². The van der Waals surface area contributed by atoms with Crippen LogP contribution in [-0.4, -0.2) is 46.3 Å². The number of rotatable bonds is 6. The number of thiazole rings is 1. The zero-order valence-corrected chi connectivity index (χ0v) is 18.0. The zero-order chi connectivity index (χ0) is 20.5. The molecule has 0 saturated carbocycles. The van der Waals surface area contributed by atoms with E-state index in [1.54, 1.807) is 18.4 Å². The Morgan fingerprint density at radius 1 is 1.30 bits per heavy atom. The summed E-state index contributed by atoms with van der Waals surface area (Å²) in [5.41, 5.74) is 1.97. The first-order valence-corrected chi connectivity index (χ1v) is 11.3. The van der Waals surface area contributed by atoms with Crippen LogP contribution in [0.1, 0.15) is 40.3 Å². The van der Waals surface area contributed by atoms with Crippen molar-refractivity contribution in [2.24, 2.45) is 0 Å². The van der Waals surface area contributed by atoms with Crippen LogP contribution in [-0.2, 0) is 35.6 Å². The Balaban J connectivity index is 1.49. The van der Waals surface area contributed by atoms with Crippen LogP contribution in [0.3, 0.4) is 0 Å². The summed E-state index contributed by atoms with van der Waals surface area (Å²) in [5.74, 6) is 0.845. The van der Waals surface area contributed by atoms with E-state index in [0.29, 0.717) is 25.1 Å². The van der Waals surface area contributed by atoms with Gasteiger partial charge < -0.3 is 9.47 Å². The van der Waals surface area contributed by atoms with E-state index in [0.717, 1.165) is 55.3 Å². The highest BCUT2D eigenvalue weighted by Gasteiger charge is 2.31. The third-order valence-corrected chi connectivity index (χ3v) is 7.01. The Morgan fingerprint density at radius 3 is 3.07 bits per heavy atom. The van der Waals surface area contributed by atoms with Gasteiger partial charge in [-0.15, -0.1) is 11.3 Å². The van der Waals surface area contributed by atoms with Gasteiger partial charge in [-0.3, -0.25) is 14.3 Å². The van der Waals surface area contributed by atoms with Crippen molar-refractivity contribution < 1.29 is 9.47 Å². The quantitative estimate of drug-likeness (QED) is 0.604. The van der Waals surface area contributed by atoms with Crippen LogP contribution < -0.4 is 5.56 Å². The molecule has 1 unspecified atom stereocenters. The molecule has 1 atom stereocenters. The SMILES string of the molecule is COCCn1c(C2CCCN2Cc2nc3c(s2)COCC3)nc2ccccc2c1=O. The number of nitrogens with zero attached hydrogens (tertiary/aromatic N) is 4. The fourth-order valence-corrected chi connectivity index (χ4v) is 5.54. The van der Waals surface area contributed by atoms with Crippen LogP contribution in [0.4, 0.5) is 0 Å². The number of aromatic nitrogens is 3. The van der Waals surface area contributed by atoms with Gasteiger partial charge in [-0.25, -0.2) is 9.97 Å². The van der Waals surface area contributed by atoms with Crippen LogP contribution in [0, 0.1) is 0 Å². The van der Waals surface area contributed by atoms with Gasteiger partial charge >= 0.3 is 0 Å². The topological polar surface area (TPSA) is 69.5 Å². The van der Waals surface area contributed by atoms with Crippen molar-refractivity contribution in [3.05, 3.63) is 56.0 Å². The molecule has 2 aliphatic heterocycles. The maximum atomic E-state index is 13.2. The standard InChI is InChI=1S/C22H26N4O3S/c1-28-12-10-26-21(24-16-6-3-2-5-15(16)22(26)27)18-7-4-9-25(18)13-20-23-17-8-11-29-14-19(17)30-20/h2-3,5-6,18H,4,7-14H2,1H3. The van der Waals surface area contributed by atoms with Gasteiger partial charge in [-0.05, 0) is 31.5 Å². The van der Waals surface area contributed by atoms with E-state index in [1.807, 2.05) is 28.8 Å². The molecule has 0 bridgehead atoms. The molecule has 0 spiro atoms. The normalized spacial score (nSPS) is 19.4. The first kappa shape index (κ1) is 19.8. The van der Waals surface area contributed by atoms with Gasteiger partial charge in [0.15, 0.2) is 0 Å². The summed E-state index contributed by atoms with van der Waals surface area (Å²) in [6, 6.07) is 7.71. The number of methoxy groups -OCH3 is 1. The van der Waals surface area contributed by atoms with Gasteiger partial charge in [0.25, 0.3) is 5.56 Å². The van der Waals surface area contributed by atoms with Gasteiger partial charge in [0.05, 0.1) is 60.4 Å². The molecule has 0 radical (unpaired) electrons. The molecule has 5 rings (SSSR count). The minimum absolute atomic E-state index is 0.0151. The number of para-hydroxylation sites is 1.